The van der Waals surface area contributed by atoms with Gasteiger partial charge in [-0.05, 0) is 72.9 Å². The summed E-state index contributed by atoms with van der Waals surface area (Å²) in [6.45, 7) is 19.0. The lowest BCUT2D eigenvalue weighted by Gasteiger charge is -2.23. The lowest BCUT2D eigenvalue weighted by atomic mass is 9.85. The molecule has 0 aliphatic carbocycles. The van der Waals surface area contributed by atoms with Gasteiger partial charge in [0.25, 0.3) is 0 Å². The Morgan fingerprint density at radius 3 is 2.42 bits per heavy atom. The Kier molecular flexibility index (Phi) is 8.37. The molecule has 1 atom stereocenters. The molecule has 1 heterocycles. The SMILES string of the molecule is CCOC(=O)COc1cc(C2COc3c(C)c(C)c(NC(=O)CC(C)(C)C)c(C)c32)ccc1C(C)C. The number of benzene rings is 2. The number of fused-ring (bicyclic) bond motifs is 1. The molecule has 36 heavy (non-hydrogen) atoms. The number of hydrogen-bond donors (Lipinski definition) is 1. The fraction of sp³-hybridized carbons (Fsp3) is 0.533. The quantitative estimate of drug-likeness (QED) is 0.419. The number of carbonyl (C=O) groups excluding carboxylic acids is 2. The van der Waals surface area contributed by atoms with Crippen LogP contribution in [0, 0.1) is 26.2 Å². The van der Waals surface area contributed by atoms with Gasteiger partial charge in [-0.3, -0.25) is 4.79 Å². The van der Waals surface area contributed by atoms with Gasteiger partial charge < -0.3 is 19.5 Å². The molecular formula is C30H41NO5. The van der Waals surface area contributed by atoms with Gasteiger partial charge in [0.15, 0.2) is 6.61 Å². The second-order valence-corrected chi connectivity index (χ2v) is 11.2. The molecule has 1 N–H and O–H groups in total. The summed E-state index contributed by atoms with van der Waals surface area (Å²) in [5, 5.41) is 3.19. The van der Waals surface area contributed by atoms with E-state index in [0.29, 0.717) is 25.4 Å². The molecule has 2 aromatic carbocycles. The second-order valence-electron chi connectivity index (χ2n) is 11.2. The van der Waals surface area contributed by atoms with Gasteiger partial charge >= 0.3 is 5.97 Å². The zero-order valence-corrected chi connectivity index (χ0v) is 23.3. The van der Waals surface area contributed by atoms with Gasteiger partial charge in [0.05, 0.1) is 13.2 Å². The zero-order valence-electron chi connectivity index (χ0n) is 23.3. The molecule has 0 bridgehead atoms. The first-order chi connectivity index (χ1) is 16.8. The number of nitrogens with one attached hydrogen (secondary N) is 1. The van der Waals surface area contributed by atoms with E-state index >= 15 is 0 Å². The predicted molar refractivity (Wildman–Crippen MR) is 143 cm³/mol. The molecule has 0 fully saturated rings. The first-order valence-electron chi connectivity index (χ1n) is 12.8. The molecule has 1 unspecified atom stereocenters. The summed E-state index contributed by atoms with van der Waals surface area (Å²) >= 11 is 0. The van der Waals surface area contributed by atoms with E-state index in [1.807, 2.05) is 19.9 Å². The topological polar surface area (TPSA) is 73.9 Å². The minimum absolute atomic E-state index is 0.0104. The van der Waals surface area contributed by atoms with Crippen molar-refractivity contribution in [3.8, 4) is 11.5 Å². The summed E-state index contributed by atoms with van der Waals surface area (Å²) in [5.74, 6) is 1.43. The Balaban J connectivity index is 2.00. The van der Waals surface area contributed by atoms with E-state index in [4.69, 9.17) is 14.2 Å². The van der Waals surface area contributed by atoms with Crippen LogP contribution in [-0.4, -0.2) is 31.7 Å². The van der Waals surface area contributed by atoms with Crippen molar-refractivity contribution in [1.29, 1.82) is 0 Å². The summed E-state index contributed by atoms with van der Waals surface area (Å²) < 4.78 is 17.2. The molecular weight excluding hydrogens is 454 g/mol. The third-order valence-corrected chi connectivity index (χ3v) is 6.71. The van der Waals surface area contributed by atoms with Crippen molar-refractivity contribution in [1.82, 2.24) is 0 Å². The molecule has 2 aromatic rings. The van der Waals surface area contributed by atoms with Crippen LogP contribution in [0.3, 0.4) is 0 Å². The fourth-order valence-corrected chi connectivity index (χ4v) is 4.83. The van der Waals surface area contributed by atoms with E-state index in [9.17, 15) is 9.59 Å². The maximum atomic E-state index is 12.8. The highest BCUT2D eigenvalue weighted by molar-refractivity contribution is 5.93. The molecule has 6 heteroatoms. The smallest absolute Gasteiger partial charge is 0.344 e. The van der Waals surface area contributed by atoms with Gasteiger partial charge in [-0.15, -0.1) is 0 Å². The van der Waals surface area contributed by atoms with Gasteiger partial charge in [-0.25, -0.2) is 4.79 Å². The highest BCUT2D eigenvalue weighted by atomic mass is 16.6. The number of rotatable bonds is 8. The number of carbonyl (C=O) groups is 2. The average molecular weight is 496 g/mol. The van der Waals surface area contributed by atoms with Gasteiger partial charge in [0.2, 0.25) is 5.91 Å². The maximum absolute atomic E-state index is 12.8. The highest BCUT2D eigenvalue weighted by Crippen LogP contribution is 2.47. The largest absolute Gasteiger partial charge is 0.492 e. The molecule has 3 rings (SSSR count). The molecule has 0 spiro atoms. The average Bonchev–Trinajstić information content (AvgIpc) is 3.23. The van der Waals surface area contributed by atoms with E-state index in [-0.39, 0.29) is 35.7 Å². The van der Waals surface area contributed by atoms with E-state index < -0.39 is 0 Å². The number of ether oxygens (including phenoxy) is 3. The lowest BCUT2D eigenvalue weighted by molar-refractivity contribution is -0.145. The minimum atomic E-state index is -0.385. The minimum Gasteiger partial charge on any atom is -0.492 e. The first-order valence-corrected chi connectivity index (χ1v) is 12.8. The Labute approximate surface area is 215 Å². The fourth-order valence-electron chi connectivity index (χ4n) is 4.83. The van der Waals surface area contributed by atoms with E-state index in [1.54, 1.807) is 6.92 Å². The van der Waals surface area contributed by atoms with Crippen molar-refractivity contribution < 1.29 is 23.8 Å². The Morgan fingerprint density at radius 1 is 1.11 bits per heavy atom. The number of anilines is 1. The molecule has 0 saturated carbocycles. The highest BCUT2D eigenvalue weighted by Gasteiger charge is 2.33. The van der Waals surface area contributed by atoms with Crippen molar-refractivity contribution in [2.24, 2.45) is 5.41 Å². The molecule has 1 aliphatic rings. The Morgan fingerprint density at radius 2 is 1.81 bits per heavy atom. The van der Waals surface area contributed by atoms with Crippen molar-refractivity contribution in [2.45, 2.75) is 80.6 Å². The number of esters is 1. The van der Waals surface area contributed by atoms with Crippen LogP contribution < -0.4 is 14.8 Å². The molecule has 0 saturated heterocycles. The van der Waals surface area contributed by atoms with Crippen LogP contribution in [0.25, 0.3) is 0 Å². The van der Waals surface area contributed by atoms with E-state index in [2.05, 4.69) is 59.0 Å². The first kappa shape index (κ1) is 27.6. The van der Waals surface area contributed by atoms with Crippen LogP contribution in [-0.2, 0) is 14.3 Å². The normalized spacial score (nSPS) is 14.9. The summed E-state index contributed by atoms with van der Waals surface area (Å²) in [4.78, 5) is 24.7. The molecule has 0 radical (unpaired) electrons. The second kappa shape index (κ2) is 10.9. The standard InChI is InChI=1S/C30H41NO5/c1-10-34-26(33)16-35-24-13-21(11-12-22(24)17(2)3)23-15-36-29-19(5)18(4)28(20(6)27(23)29)31-25(32)14-30(7,8)9/h11-13,17,23H,10,14-16H2,1-9H3,(H,31,32). The van der Waals surface area contributed by atoms with Crippen molar-refractivity contribution in [2.75, 3.05) is 25.1 Å². The van der Waals surface area contributed by atoms with Crippen molar-refractivity contribution in [3.05, 3.63) is 51.6 Å². The Hall–Kier alpha value is -3.02. The number of hydrogen-bond acceptors (Lipinski definition) is 5. The van der Waals surface area contributed by atoms with Crippen LogP contribution in [0.4, 0.5) is 5.69 Å². The third kappa shape index (κ3) is 6.03. The monoisotopic (exact) mass is 495 g/mol. The molecule has 196 valence electrons. The predicted octanol–water partition coefficient (Wildman–Crippen LogP) is 6.58. The summed E-state index contributed by atoms with van der Waals surface area (Å²) in [7, 11) is 0. The molecule has 6 nitrogen and oxygen atoms in total. The molecule has 1 aliphatic heterocycles. The lowest BCUT2D eigenvalue weighted by Crippen LogP contribution is -2.21. The molecule has 1 amide bonds. The third-order valence-electron chi connectivity index (χ3n) is 6.71. The Bertz CT molecular complexity index is 1140. The van der Waals surface area contributed by atoms with Crippen molar-refractivity contribution in [3.63, 3.8) is 0 Å². The zero-order chi connectivity index (χ0) is 26.8. The summed E-state index contributed by atoms with van der Waals surface area (Å²) in [5.41, 5.74) is 7.06. The van der Waals surface area contributed by atoms with Gasteiger partial charge in [0, 0.05) is 23.6 Å². The van der Waals surface area contributed by atoms with Gasteiger partial charge in [-0.1, -0.05) is 46.8 Å². The summed E-state index contributed by atoms with van der Waals surface area (Å²) in [6, 6.07) is 6.20. The molecule has 0 aromatic heterocycles. The van der Waals surface area contributed by atoms with Crippen LogP contribution in [0.1, 0.15) is 93.2 Å². The number of amides is 1. The maximum Gasteiger partial charge on any atom is 0.344 e. The van der Waals surface area contributed by atoms with E-state index in [0.717, 1.165) is 44.8 Å². The van der Waals surface area contributed by atoms with Crippen LogP contribution in [0.15, 0.2) is 18.2 Å². The van der Waals surface area contributed by atoms with Gasteiger partial charge in [0.1, 0.15) is 11.5 Å². The summed E-state index contributed by atoms with van der Waals surface area (Å²) in [6.07, 6.45) is 0.444. The van der Waals surface area contributed by atoms with E-state index in [1.165, 1.54) is 0 Å². The van der Waals surface area contributed by atoms with Crippen LogP contribution in [0.5, 0.6) is 11.5 Å². The van der Waals surface area contributed by atoms with Crippen LogP contribution in [0.2, 0.25) is 0 Å². The van der Waals surface area contributed by atoms with Crippen molar-refractivity contribution >= 4 is 17.6 Å². The van der Waals surface area contributed by atoms with Crippen LogP contribution >= 0.6 is 0 Å². The van der Waals surface area contributed by atoms with Gasteiger partial charge in [-0.2, -0.15) is 0 Å².